The molecule has 3 aliphatic carbocycles. The predicted octanol–water partition coefficient (Wildman–Crippen LogP) is -1.75. The van der Waals surface area contributed by atoms with Gasteiger partial charge in [0, 0.05) is 12.3 Å². The Balaban J connectivity index is 0.000000845. The Kier molecular flexibility index (Phi) is 2.99. The summed E-state index contributed by atoms with van der Waals surface area (Å²) >= 11 is 0. The van der Waals surface area contributed by atoms with E-state index in [0.29, 0.717) is 5.41 Å². The fourth-order valence-electron chi connectivity index (χ4n) is 3.63. The minimum Gasteiger partial charge on any atom is -1.00 e. The maximum absolute atomic E-state index is 2.47. The Morgan fingerprint density at radius 2 is 1.85 bits per heavy atom. The van der Waals surface area contributed by atoms with Gasteiger partial charge in [-0.15, -0.1) is 0 Å². The second-order valence-corrected chi connectivity index (χ2v) is 5.45. The molecular weight excluding hydrogens is 182 g/mol. The fourth-order valence-corrected chi connectivity index (χ4v) is 3.63. The largest absolute Gasteiger partial charge is 1.00 e. The normalized spacial score (nSPS) is 46.2. The molecular formula is C11H22ClN. The third-order valence-electron chi connectivity index (χ3n) is 4.84. The first-order valence-electron chi connectivity index (χ1n) is 5.37. The number of rotatable bonds is 1. The van der Waals surface area contributed by atoms with Crippen molar-refractivity contribution in [3.05, 3.63) is 0 Å². The summed E-state index contributed by atoms with van der Waals surface area (Å²) in [5, 5.41) is 2.43. The van der Waals surface area contributed by atoms with E-state index < -0.39 is 0 Å². The first-order chi connectivity index (χ1) is 5.57. The Morgan fingerprint density at radius 3 is 2.23 bits per heavy atom. The molecule has 0 spiro atoms. The smallest absolute Gasteiger partial charge is 0.0888 e. The molecule has 2 heteroatoms. The maximum Gasteiger partial charge on any atom is 0.0888 e. The van der Waals surface area contributed by atoms with Gasteiger partial charge in [-0.25, -0.2) is 0 Å². The van der Waals surface area contributed by atoms with Crippen molar-refractivity contribution in [2.24, 2.45) is 23.2 Å². The minimum atomic E-state index is 0. The zero-order valence-electron chi connectivity index (χ0n) is 9.18. The molecule has 2 N–H and O–H groups in total. The third-order valence-corrected chi connectivity index (χ3v) is 4.84. The highest BCUT2D eigenvalue weighted by Crippen LogP contribution is 2.60. The quantitative estimate of drug-likeness (QED) is 0.521. The molecule has 3 rings (SSSR count). The third kappa shape index (κ3) is 1.41. The van der Waals surface area contributed by atoms with E-state index in [1.165, 1.54) is 12.8 Å². The predicted molar refractivity (Wildman–Crippen MR) is 50.8 cm³/mol. The van der Waals surface area contributed by atoms with Crippen LogP contribution in [-0.2, 0) is 0 Å². The number of hydrogen-bond acceptors (Lipinski definition) is 0. The van der Waals surface area contributed by atoms with Gasteiger partial charge >= 0.3 is 0 Å². The number of hydrogen-bond donors (Lipinski definition) is 1. The summed E-state index contributed by atoms with van der Waals surface area (Å²) < 4.78 is 0. The van der Waals surface area contributed by atoms with E-state index in [4.69, 9.17) is 0 Å². The van der Waals surface area contributed by atoms with Crippen LogP contribution in [0.4, 0.5) is 0 Å². The van der Waals surface area contributed by atoms with Crippen molar-refractivity contribution in [1.29, 1.82) is 0 Å². The van der Waals surface area contributed by atoms with Crippen molar-refractivity contribution in [3.8, 4) is 0 Å². The Labute approximate surface area is 88.1 Å². The zero-order valence-corrected chi connectivity index (χ0v) is 9.93. The zero-order chi connectivity index (χ0) is 8.93. The molecule has 0 amide bonds. The van der Waals surface area contributed by atoms with Crippen LogP contribution in [-0.4, -0.2) is 13.1 Å². The molecule has 78 valence electrons. The highest BCUT2D eigenvalue weighted by molar-refractivity contribution is 5.04. The monoisotopic (exact) mass is 203 g/mol. The van der Waals surface area contributed by atoms with Gasteiger partial charge < -0.3 is 17.7 Å². The van der Waals surface area contributed by atoms with Gasteiger partial charge in [0.05, 0.1) is 13.1 Å². The summed E-state index contributed by atoms with van der Waals surface area (Å²) in [5.74, 6) is 2.98. The van der Waals surface area contributed by atoms with Gasteiger partial charge in [0.25, 0.3) is 0 Å². The molecule has 3 saturated carbocycles. The van der Waals surface area contributed by atoms with Crippen LogP contribution in [0.25, 0.3) is 0 Å². The van der Waals surface area contributed by atoms with Crippen molar-refractivity contribution >= 4 is 0 Å². The second kappa shape index (κ2) is 3.43. The van der Waals surface area contributed by atoms with Crippen LogP contribution in [0.2, 0.25) is 0 Å². The number of quaternary nitrogens is 1. The van der Waals surface area contributed by atoms with E-state index >= 15 is 0 Å². The molecule has 0 aliphatic heterocycles. The number of nitrogens with two attached hydrogens (primary N) is 1. The van der Waals surface area contributed by atoms with Gasteiger partial charge in [0.15, 0.2) is 0 Å². The van der Waals surface area contributed by atoms with Crippen molar-refractivity contribution < 1.29 is 17.7 Å². The van der Waals surface area contributed by atoms with Crippen LogP contribution < -0.4 is 17.7 Å². The van der Waals surface area contributed by atoms with Crippen LogP contribution in [0.1, 0.15) is 33.6 Å². The van der Waals surface area contributed by atoms with Crippen molar-refractivity contribution in [2.75, 3.05) is 7.05 Å². The molecule has 3 aliphatic rings. The Morgan fingerprint density at radius 1 is 1.23 bits per heavy atom. The summed E-state index contributed by atoms with van der Waals surface area (Å²) in [6.07, 6.45) is 2.97. The number of halogens is 1. The lowest BCUT2D eigenvalue weighted by Crippen LogP contribution is -3.00. The maximum atomic E-state index is 2.47. The van der Waals surface area contributed by atoms with Crippen molar-refractivity contribution in [2.45, 2.75) is 39.7 Å². The van der Waals surface area contributed by atoms with Gasteiger partial charge in [-0.05, 0) is 23.7 Å². The first-order valence-corrected chi connectivity index (χ1v) is 5.37. The van der Waals surface area contributed by atoms with Crippen LogP contribution in [0, 0.1) is 23.2 Å². The molecule has 2 bridgehead atoms. The Bertz CT molecular complexity index is 191. The molecule has 0 radical (unpaired) electrons. The van der Waals surface area contributed by atoms with E-state index in [1.807, 2.05) is 0 Å². The molecule has 1 unspecified atom stereocenters. The lowest BCUT2D eigenvalue weighted by molar-refractivity contribution is -0.680. The van der Waals surface area contributed by atoms with Gasteiger partial charge in [0.1, 0.15) is 0 Å². The molecule has 1 nitrogen and oxygen atoms in total. The number of fused-ring (bicyclic) bond motifs is 2. The summed E-state index contributed by atoms with van der Waals surface area (Å²) in [7, 11) is 2.24. The lowest BCUT2D eigenvalue weighted by atomic mass is 9.45. The van der Waals surface area contributed by atoms with E-state index in [1.54, 1.807) is 0 Å². The molecule has 0 saturated heterocycles. The fraction of sp³-hybridized carbons (Fsp3) is 1.00. The van der Waals surface area contributed by atoms with E-state index in [9.17, 15) is 0 Å². The molecule has 3 fully saturated rings. The first kappa shape index (κ1) is 11.3. The molecule has 0 heterocycles. The van der Waals surface area contributed by atoms with E-state index in [2.05, 4.69) is 33.1 Å². The van der Waals surface area contributed by atoms with Crippen LogP contribution >= 0.6 is 0 Å². The summed E-state index contributed by atoms with van der Waals surface area (Å²) in [6.45, 7) is 7.38. The highest BCUT2D eigenvalue weighted by Gasteiger charge is 2.57. The standard InChI is InChI=1S/C11H21N.ClH/c1-7-9-5-8(11(9,2)3)6-10(7)12-4;/h7-10,12H,5-6H2,1-4H3;1H/t7-,8-,9-,10?;/m1./s1. The average molecular weight is 204 g/mol. The molecule has 0 aromatic rings. The SMILES string of the molecule is C[NH2+]C1C[C@H]2C[C@H]([C@H]1C)C2(C)C.[Cl-]. The van der Waals surface area contributed by atoms with Crippen LogP contribution in [0.15, 0.2) is 0 Å². The van der Waals surface area contributed by atoms with Gasteiger partial charge in [-0.3, -0.25) is 0 Å². The molecule has 13 heavy (non-hydrogen) atoms. The summed E-state index contributed by atoms with van der Waals surface area (Å²) in [6, 6.07) is 0.918. The van der Waals surface area contributed by atoms with Crippen LogP contribution in [0.3, 0.4) is 0 Å². The topological polar surface area (TPSA) is 16.6 Å². The minimum absolute atomic E-state index is 0. The van der Waals surface area contributed by atoms with E-state index in [0.717, 1.165) is 23.8 Å². The summed E-state index contributed by atoms with van der Waals surface area (Å²) in [4.78, 5) is 0. The van der Waals surface area contributed by atoms with Gasteiger partial charge in [-0.2, -0.15) is 0 Å². The highest BCUT2D eigenvalue weighted by atomic mass is 35.5. The van der Waals surface area contributed by atoms with Gasteiger partial charge in [0.2, 0.25) is 0 Å². The molecule has 4 atom stereocenters. The summed E-state index contributed by atoms with van der Waals surface area (Å²) in [5.41, 5.74) is 0.666. The van der Waals surface area contributed by atoms with E-state index in [-0.39, 0.29) is 12.4 Å². The lowest BCUT2D eigenvalue weighted by Gasteiger charge is -2.60. The van der Waals surface area contributed by atoms with Crippen molar-refractivity contribution in [1.82, 2.24) is 0 Å². The molecule has 0 aromatic carbocycles. The van der Waals surface area contributed by atoms with Crippen molar-refractivity contribution in [3.63, 3.8) is 0 Å². The molecule has 0 aromatic heterocycles. The van der Waals surface area contributed by atoms with Gasteiger partial charge in [-0.1, -0.05) is 20.8 Å². The average Bonchev–Trinajstić information content (AvgIpc) is 2.03. The second-order valence-electron chi connectivity index (χ2n) is 5.45. The van der Waals surface area contributed by atoms with Crippen LogP contribution in [0.5, 0.6) is 0 Å². The Hall–Kier alpha value is 0.250.